The number of nitrogens with two attached hydrogens (primary N) is 1. The zero-order chi connectivity index (χ0) is 13.6. The van der Waals surface area contributed by atoms with Gasteiger partial charge in [0, 0.05) is 0 Å². The minimum Gasteiger partial charge on any atom is -0.240 e. The quantitative estimate of drug-likeness (QED) is 0.434. The van der Waals surface area contributed by atoms with E-state index in [1.807, 2.05) is 0 Å². The molecule has 98 valence electrons. The molecule has 0 saturated carbocycles. The Morgan fingerprint density at radius 1 is 0.750 bits per heavy atom. The summed E-state index contributed by atoms with van der Waals surface area (Å²) in [4.78, 5) is 0. The number of nitrogens with zero attached hydrogens (tertiary/aromatic N) is 1. The molecular formula is C2H2F6N2O4S2. The minimum absolute atomic E-state index is 2.26. The van der Waals surface area contributed by atoms with Crippen molar-refractivity contribution in [1.29, 1.82) is 0 Å². The number of alkyl halides is 6. The Hall–Kier alpha value is -0.600. The summed E-state index contributed by atoms with van der Waals surface area (Å²) in [5.74, 6) is 3.82. The van der Waals surface area contributed by atoms with E-state index in [0.717, 1.165) is 0 Å². The fourth-order valence-electron chi connectivity index (χ4n) is 0.333. The van der Waals surface area contributed by atoms with Crippen molar-refractivity contribution in [3.63, 3.8) is 0 Å². The SMILES string of the molecule is NN(S(=O)(=O)C(F)(F)F)S(=O)(=O)C(F)(F)F. The van der Waals surface area contributed by atoms with Gasteiger partial charge in [-0.3, -0.25) is 0 Å². The lowest BCUT2D eigenvalue weighted by atomic mass is 11.6. The summed E-state index contributed by atoms with van der Waals surface area (Å²) in [6.45, 7) is 0. The molecule has 0 aliphatic carbocycles. The number of rotatable bonds is 2. The van der Waals surface area contributed by atoms with Crippen LogP contribution in [0.15, 0.2) is 0 Å². The second-order valence-corrected chi connectivity index (χ2v) is 5.97. The van der Waals surface area contributed by atoms with Crippen LogP contribution in [0.3, 0.4) is 0 Å². The van der Waals surface area contributed by atoms with Gasteiger partial charge >= 0.3 is 31.1 Å². The highest BCUT2D eigenvalue weighted by molar-refractivity contribution is 8.04. The summed E-state index contributed by atoms with van der Waals surface area (Å²) in [6, 6.07) is 0. The molecular weight excluding hydrogens is 294 g/mol. The van der Waals surface area contributed by atoms with E-state index >= 15 is 0 Å². The number of hydrogen-bond donors (Lipinski definition) is 1. The molecule has 0 heterocycles. The van der Waals surface area contributed by atoms with Crippen molar-refractivity contribution in [2.24, 2.45) is 5.84 Å². The van der Waals surface area contributed by atoms with Gasteiger partial charge < -0.3 is 0 Å². The van der Waals surface area contributed by atoms with Crippen molar-refractivity contribution >= 4 is 20.0 Å². The van der Waals surface area contributed by atoms with Crippen LogP contribution in [0.2, 0.25) is 0 Å². The van der Waals surface area contributed by atoms with Gasteiger partial charge in [-0.2, -0.15) is 26.3 Å². The third-order valence-corrected chi connectivity index (χ3v) is 4.35. The van der Waals surface area contributed by atoms with Crippen LogP contribution in [0.25, 0.3) is 0 Å². The van der Waals surface area contributed by atoms with Crippen LogP contribution >= 0.6 is 0 Å². The van der Waals surface area contributed by atoms with Crippen LogP contribution in [0.1, 0.15) is 0 Å². The Morgan fingerprint density at radius 2 is 0.938 bits per heavy atom. The largest absolute Gasteiger partial charge is 0.513 e. The zero-order valence-electron chi connectivity index (χ0n) is 6.74. The van der Waals surface area contributed by atoms with Crippen molar-refractivity contribution in [2.45, 2.75) is 11.0 Å². The lowest BCUT2D eigenvalue weighted by molar-refractivity contribution is -0.0531. The molecule has 0 unspecified atom stereocenters. The van der Waals surface area contributed by atoms with Crippen LogP contribution in [-0.4, -0.2) is 31.7 Å². The van der Waals surface area contributed by atoms with Gasteiger partial charge in [-0.15, -0.1) is 0 Å². The first-order valence-electron chi connectivity index (χ1n) is 2.83. The summed E-state index contributed by atoms with van der Waals surface area (Å²) in [6.07, 6.45) is 0. The van der Waals surface area contributed by atoms with Gasteiger partial charge in [0.25, 0.3) is 0 Å². The first kappa shape index (κ1) is 15.4. The highest BCUT2D eigenvalue weighted by atomic mass is 32.3. The van der Waals surface area contributed by atoms with Crippen molar-refractivity contribution in [1.82, 2.24) is 3.82 Å². The average Bonchev–Trinajstić information content (AvgIpc) is 1.98. The third kappa shape index (κ3) is 2.38. The summed E-state index contributed by atoms with van der Waals surface area (Å²) in [5, 5.41) is 0. The predicted octanol–water partition coefficient (Wildman–Crippen LogP) is -0.139. The molecule has 0 radical (unpaired) electrons. The maximum Gasteiger partial charge on any atom is 0.513 e. The molecule has 0 aliphatic heterocycles. The van der Waals surface area contributed by atoms with Crippen LogP contribution in [0.5, 0.6) is 0 Å². The molecule has 16 heavy (non-hydrogen) atoms. The molecule has 0 fully saturated rings. The molecule has 0 saturated heterocycles. The molecule has 0 atom stereocenters. The lowest BCUT2D eigenvalue weighted by Gasteiger charge is -2.18. The van der Waals surface area contributed by atoms with Crippen molar-refractivity contribution < 1.29 is 43.2 Å². The van der Waals surface area contributed by atoms with E-state index in [1.54, 1.807) is 0 Å². The fraction of sp³-hybridized carbons (Fsp3) is 1.00. The van der Waals surface area contributed by atoms with Gasteiger partial charge in [-0.25, -0.2) is 22.7 Å². The van der Waals surface area contributed by atoms with Gasteiger partial charge in [-0.1, -0.05) is 0 Å². The maximum atomic E-state index is 11.7. The Morgan fingerprint density at radius 3 is 1.06 bits per heavy atom. The Balaban J connectivity index is 5.70. The van der Waals surface area contributed by atoms with E-state index in [-0.39, 0.29) is 0 Å². The van der Waals surface area contributed by atoms with Gasteiger partial charge in [0.2, 0.25) is 0 Å². The normalized spacial score (nSPS) is 15.5. The fourth-order valence-corrected chi connectivity index (χ4v) is 2.28. The van der Waals surface area contributed by atoms with E-state index in [0.29, 0.717) is 0 Å². The highest BCUT2D eigenvalue weighted by Gasteiger charge is 2.60. The van der Waals surface area contributed by atoms with Gasteiger partial charge in [0.05, 0.1) is 0 Å². The van der Waals surface area contributed by atoms with Gasteiger partial charge in [0.15, 0.2) is 0 Å². The molecule has 0 spiro atoms. The minimum atomic E-state index is -6.81. The smallest absolute Gasteiger partial charge is 0.240 e. The molecule has 0 rings (SSSR count). The van der Waals surface area contributed by atoms with Crippen LogP contribution in [-0.2, 0) is 20.0 Å². The van der Waals surface area contributed by atoms with Crippen LogP contribution < -0.4 is 5.84 Å². The molecule has 0 aromatic carbocycles. The monoisotopic (exact) mass is 296 g/mol. The van der Waals surface area contributed by atoms with Crippen molar-refractivity contribution in [3.05, 3.63) is 0 Å². The van der Waals surface area contributed by atoms with Gasteiger partial charge in [0.1, 0.15) is 0 Å². The third-order valence-electron chi connectivity index (χ3n) is 1.06. The summed E-state index contributed by atoms with van der Waals surface area (Å²) in [7, 11) is -13.6. The van der Waals surface area contributed by atoms with E-state index in [1.165, 1.54) is 0 Å². The van der Waals surface area contributed by atoms with E-state index in [9.17, 15) is 43.2 Å². The topological polar surface area (TPSA) is 97.5 Å². The van der Waals surface area contributed by atoms with Crippen LogP contribution in [0, 0.1) is 0 Å². The zero-order valence-corrected chi connectivity index (χ0v) is 8.37. The maximum absolute atomic E-state index is 11.7. The predicted molar refractivity (Wildman–Crippen MR) is 36.0 cm³/mol. The average molecular weight is 296 g/mol. The van der Waals surface area contributed by atoms with Crippen molar-refractivity contribution in [2.75, 3.05) is 0 Å². The van der Waals surface area contributed by atoms with E-state index < -0.39 is 34.9 Å². The molecule has 0 aliphatic rings. The summed E-state index contributed by atoms with van der Waals surface area (Å²) in [5.41, 5.74) is -12.5. The van der Waals surface area contributed by atoms with E-state index in [4.69, 9.17) is 0 Å². The van der Waals surface area contributed by atoms with Gasteiger partial charge in [-0.05, 0) is 3.82 Å². The molecule has 0 aromatic rings. The molecule has 0 bridgehead atoms. The Bertz CT molecular complexity index is 414. The molecule has 6 nitrogen and oxygen atoms in total. The number of halogens is 6. The second-order valence-electron chi connectivity index (χ2n) is 2.13. The van der Waals surface area contributed by atoms with Crippen LogP contribution in [0.4, 0.5) is 26.3 Å². The van der Waals surface area contributed by atoms with Crippen molar-refractivity contribution in [3.8, 4) is 0 Å². The second kappa shape index (κ2) is 3.71. The summed E-state index contributed by atoms with van der Waals surface area (Å²) < 4.78 is 109. The number of hydrogen-bond acceptors (Lipinski definition) is 5. The molecule has 14 heteroatoms. The Kier molecular flexibility index (Phi) is 3.57. The first-order chi connectivity index (χ1) is 6.65. The van der Waals surface area contributed by atoms with E-state index in [2.05, 4.69) is 5.84 Å². The number of sulfonamides is 2. The Labute approximate surface area is 84.7 Å². The standard InChI is InChI=1S/C2H2F6N2O4S2/c3-1(4,5)15(11,12)10(9)16(13,14)2(6,7)8/h9H2. The highest BCUT2D eigenvalue weighted by Crippen LogP contribution is 2.32. The first-order valence-corrected chi connectivity index (χ1v) is 5.71. The molecule has 0 amide bonds. The molecule has 2 N–H and O–H groups in total. The number of hydrazine groups is 1. The summed E-state index contributed by atoms with van der Waals surface area (Å²) >= 11 is 0. The lowest BCUT2D eigenvalue weighted by Crippen LogP contribution is -2.52. The molecule has 0 aromatic heterocycles.